The topological polar surface area (TPSA) is 50.4 Å². The van der Waals surface area contributed by atoms with Crippen LogP contribution in [0.25, 0.3) is 0 Å². The number of hydrogen-bond acceptors (Lipinski definition) is 3. The molecule has 1 aromatic carbocycles. The van der Waals surface area contributed by atoms with E-state index >= 15 is 0 Å². The molecule has 0 bridgehead atoms. The van der Waals surface area contributed by atoms with Gasteiger partial charge in [0.2, 0.25) is 5.91 Å². The van der Waals surface area contributed by atoms with Gasteiger partial charge in [0.25, 0.3) is 0 Å². The van der Waals surface area contributed by atoms with Crippen LogP contribution >= 0.6 is 0 Å². The van der Waals surface area contributed by atoms with Gasteiger partial charge in [-0.25, -0.2) is 4.39 Å². The number of ether oxygens (including phenoxy) is 1. The number of amides is 1. The van der Waals surface area contributed by atoms with Crippen LogP contribution in [0.1, 0.15) is 62.0 Å². The average Bonchev–Trinajstić information content (AvgIpc) is 2.74. The Hall–Kier alpha value is -1.67. The first kappa shape index (κ1) is 23.0. The zero-order chi connectivity index (χ0) is 21.8. The number of carbonyl (C=O) groups excluding carboxylic acids is 1. The maximum atomic E-state index is 13.4. The Morgan fingerprint density at radius 3 is 2.43 bits per heavy atom. The second-order valence-electron chi connectivity index (χ2n) is 8.44. The van der Waals surface area contributed by atoms with E-state index in [1.807, 2.05) is 0 Å². The minimum atomic E-state index is -4.55. The van der Waals surface area contributed by atoms with Crippen LogP contribution in [0.15, 0.2) is 18.2 Å². The monoisotopic (exact) mass is 430 g/mol. The molecule has 168 valence electrons. The summed E-state index contributed by atoms with van der Waals surface area (Å²) in [6.07, 6.45) is 0.572. The summed E-state index contributed by atoms with van der Waals surface area (Å²) in [6, 6.07) is 3.02. The third kappa shape index (κ3) is 5.32. The molecule has 8 heteroatoms. The second-order valence-corrected chi connectivity index (χ2v) is 8.44. The van der Waals surface area contributed by atoms with E-state index in [9.17, 15) is 22.4 Å². The lowest BCUT2D eigenvalue weighted by Crippen LogP contribution is -2.59. The van der Waals surface area contributed by atoms with Crippen LogP contribution in [0.2, 0.25) is 0 Å². The van der Waals surface area contributed by atoms with E-state index in [-0.39, 0.29) is 17.4 Å². The lowest BCUT2D eigenvalue weighted by molar-refractivity contribution is -0.138. The Morgan fingerprint density at radius 1 is 1.17 bits per heavy atom. The first-order chi connectivity index (χ1) is 14.2. The highest BCUT2D eigenvalue weighted by Crippen LogP contribution is 2.42. The molecule has 2 N–H and O–H groups in total. The van der Waals surface area contributed by atoms with Crippen LogP contribution in [0.3, 0.4) is 0 Å². The van der Waals surface area contributed by atoms with Crippen LogP contribution in [-0.2, 0) is 15.7 Å². The normalized spacial score (nSPS) is 24.4. The Kier molecular flexibility index (Phi) is 7.39. The highest BCUT2D eigenvalue weighted by Gasteiger charge is 2.39. The predicted octanol–water partition coefficient (Wildman–Crippen LogP) is 4.39. The zero-order valence-corrected chi connectivity index (χ0v) is 17.3. The first-order valence-corrected chi connectivity index (χ1v) is 10.7. The first-order valence-electron chi connectivity index (χ1n) is 10.7. The molecule has 1 aromatic rings. The molecule has 0 unspecified atom stereocenters. The van der Waals surface area contributed by atoms with Crippen molar-refractivity contribution in [1.82, 2.24) is 10.6 Å². The van der Waals surface area contributed by atoms with Crippen molar-refractivity contribution in [2.75, 3.05) is 26.8 Å². The molecule has 0 atom stereocenters. The fourth-order valence-electron chi connectivity index (χ4n) is 4.85. The van der Waals surface area contributed by atoms with Crippen molar-refractivity contribution in [3.8, 4) is 0 Å². The van der Waals surface area contributed by atoms with Gasteiger partial charge in [-0.15, -0.1) is 0 Å². The van der Waals surface area contributed by atoms with E-state index in [1.165, 1.54) is 6.07 Å². The third-order valence-corrected chi connectivity index (χ3v) is 6.63. The fourth-order valence-corrected chi connectivity index (χ4v) is 4.85. The van der Waals surface area contributed by atoms with Gasteiger partial charge in [0, 0.05) is 20.3 Å². The molecular weight excluding hydrogens is 400 g/mol. The zero-order valence-electron chi connectivity index (χ0n) is 17.3. The molecule has 0 spiro atoms. The van der Waals surface area contributed by atoms with Crippen LogP contribution in [0.4, 0.5) is 17.6 Å². The van der Waals surface area contributed by atoms with Crippen molar-refractivity contribution in [1.29, 1.82) is 0 Å². The fraction of sp³-hybridized carbons (Fsp3) is 0.682. The van der Waals surface area contributed by atoms with Gasteiger partial charge in [-0.3, -0.25) is 4.79 Å². The summed E-state index contributed by atoms with van der Waals surface area (Å²) in [5.41, 5.74) is -1.24. The molecule has 0 aromatic heterocycles. The van der Waals surface area contributed by atoms with E-state index in [4.69, 9.17) is 4.74 Å². The molecule has 4 nitrogen and oxygen atoms in total. The molecule has 1 saturated carbocycles. The molecule has 2 aliphatic rings. The maximum absolute atomic E-state index is 13.4. The number of alkyl halides is 3. The van der Waals surface area contributed by atoms with Gasteiger partial charge < -0.3 is 15.4 Å². The summed E-state index contributed by atoms with van der Waals surface area (Å²) in [5.74, 6) is -0.668. The number of rotatable bonds is 6. The molecule has 1 heterocycles. The molecule has 30 heavy (non-hydrogen) atoms. The van der Waals surface area contributed by atoms with Gasteiger partial charge in [0.05, 0.1) is 5.56 Å². The molecule has 3 rings (SSSR count). The maximum Gasteiger partial charge on any atom is 0.416 e. The lowest BCUT2D eigenvalue weighted by Gasteiger charge is -2.37. The number of carbonyl (C=O) groups is 1. The standard InChI is InChI=1S/C22H30F4N2O2/c1-27-20(29)21(9-12-30-13-10-21)28-11-8-15-2-4-16(5-3-15)18-7-6-17(23)14-19(18)22(24,25)26/h6-7,14-16,28H,2-5,8-13H2,1H3,(H,27,29)/t15-,16-. The molecule has 0 radical (unpaired) electrons. The summed E-state index contributed by atoms with van der Waals surface area (Å²) in [5, 5.41) is 6.16. The molecule has 1 amide bonds. The predicted molar refractivity (Wildman–Crippen MR) is 106 cm³/mol. The summed E-state index contributed by atoms with van der Waals surface area (Å²) < 4.78 is 58.7. The lowest BCUT2D eigenvalue weighted by atomic mass is 9.76. The average molecular weight is 430 g/mol. The van der Waals surface area contributed by atoms with Crippen LogP contribution in [0.5, 0.6) is 0 Å². The van der Waals surface area contributed by atoms with Gasteiger partial charge >= 0.3 is 6.18 Å². The Morgan fingerprint density at radius 2 is 1.83 bits per heavy atom. The van der Waals surface area contributed by atoms with Gasteiger partial charge in [0.15, 0.2) is 0 Å². The largest absolute Gasteiger partial charge is 0.416 e. The van der Waals surface area contributed by atoms with Gasteiger partial charge in [-0.2, -0.15) is 13.2 Å². The molecule has 1 saturated heterocycles. The minimum Gasteiger partial charge on any atom is -0.381 e. The van der Waals surface area contributed by atoms with E-state index in [2.05, 4.69) is 10.6 Å². The van der Waals surface area contributed by atoms with Crippen molar-refractivity contribution >= 4 is 5.91 Å². The van der Waals surface area contributed by atoms with Crippen LogP contribution < -0.4 is 10.6 Å². The number of hydrogen-bond donors (Lipinski definition) is 2. The van der Waals surface area contributed by atoms with Gasteiger partial charge in [-0.1, -0.05) is 6.07 Å². The van der Waals surface area contributed by atoms with E-state index in [0.29, 0.717) is 57.4 Å². The van der Waals surface area contributed by atoms with Crippen molar-refractivity contribution in [2.24, 2.45) is 5.92 Å². The minimum absolute atomic E-state index is 0.0227. The highest BCUT2D eigenvalue weighted by molar-refractivity contribution is 5.86. The number of likely N-dealkylation sites (N-methyl/N-ethyl adjacent to an activating group) is 1. The van der Waals surface area contributed by atoms with Crippen molar-refractivity contribution in [3.05, 3.63) is 35.1 Å². The molecule has 2 fully saturated rings. The third-order valence-electron chi connectivity index (χ3n) is 6.63. The Labute approximate surface area is 174 Å². The molecule has 1 aliphatic carbocycles. The van der Waals surface area contributed by atoms with Crippen LogP contribution in [0, 0.1) is 11.7 Å². The van der Waals surface area contributed by atoms with E-state index in [0.717, 1.165) is 25.3 Å². The Bertz CT molecular complexity index is 724. The number of nitrogens with one attached hydrogen (secondary N) is 2. The number of benzene rings is 1. The van der Waals surface area contributed by atoms with Gasteiger partial charge in [0.1, 0.15) is 11.4 Å². The van der Waals surface area contributed by atoms with E-state index in [1.54, 1.807) is 7.05 Å². The van der Waals surface area contributed by atoms with Crippen molar-refractivity contribution < 1.29 is 27.1 Å². The van der Waals surface area contributed by atoms with Crippen molar-refractivity contribution in [2.45, 2.75) is 62.6 Å². The molecular formula is C22H30F4N2O2. The Balaban J connectivity index is 1.54. The summed E-state index contributed by atoms with van der Waals surface area (Å²) in [6.45, 7) is 1.78. The second kappa shape index (κ2) is 9.64. The summed E-state index contributed by atoms with van der Waals surface area (Å²) in [7, 11) is 1.63. The quantitative estimate of drug-likeness (QED) is 0.658. The highest BCUT2D eigenvalue weighted by atomic mass is 19.4. The van der Waals surface area contributed by atoms with Crippen molar-refractivity contribution in [3.63, 3.8) is 0 Å². The summed E-state index contributed by atoms with van der Waals surface area (Å²) >= 11 is 0. The van der Waals surface area contributed by atoms with Crippen LogP contribution in [-0.4, -0.2) is 38.3 Å². The smallest absolute Gasteiger partial charge is 0.381 e. The SMILES string of the molecule is CNC(=O)C1(NCC[C@H]2CC[C@H](c3ccc(F)cc3C(F)(F)F)CC2)CCOCC1. The van der Waals surface area contributed by atoms with E-state index < -0.39 is 23.1 Å². The summed E-state index contributed by atoms with van der Waals surface area (Å²) in [4.78, 5) is 12.4. The van der Waals surface area contributed by atoms with Gasteiger partial charge in [-0.05, 0) is 81.0 Å². The number of halogens is 4. The molecule has 1 aliphatic heterocycles.